The molecular formula is C12H9ClF3NO3. The average Bonchev–Trinajstić information content (AvgIpc) is 2.30. The third-order valence-electron chi connectivity index (χ3n) is 2.15. The molecule has 8 heteroatoms. The standard InChI is InChI=1S/C12H9ClF3NO3/c1-2-19-11(18)5-9-7(6-17)3-8(13)4-10(9)20-12(14,15)16/h3-4H,2,5H2,1H3. The van der Waals surface area contributed by atoms with Crippen molar-refractivity contribution in [2.75, 3.05) is 6.61 Å². The summed E-state index contributed by atoms with van der Waals surface area (Å²) in [5.41, 5.74) is -0.391. The van der Waals surface area contributed by atoms with Gasteiger partial charge in [0.15, 0.2) is 0 Å². The van der Waals surface area contributed by atoms with Gasteiger partial charge < -0.3 is 9.47 Å². The number of benzene rings is 1. The third-order valence-corrected chi connectivity index (χ3v) is 2.36. The van der Waals surface area contributed by atoms with Crippen LogP contribution in [0.3, 0.4) is 0 Å². The number of carbonyl (C=O) groups excluding carboxylic acids is 1. The van der Waals surface area contributed by atoms with Gasteiger partial charge in [-0.3, -0.25) is 4.79 Å². The number of hydrogen-bond donors (Lipinski definition) is 0. The Labute approximate surface area is 117 Å². The van der Waals surface area contributed by atoms with Crippen LogP contribution in [0.15, 0.2) is 12.1 Å². The maximum Gasteiger partial charge on any atom is 0.573 e. The summed E-state index contributed by atoms with van der Waals surface area (Å²) in [5.74, 6) is -1.45. The lowest BCUT2D eigenvalue weighted by molar-refractivity contribution is -0.274. The largest absolute Gasteiger partial charge is 0.573 e. The molecule has 0 amide bonds. The van der Waals surface area contributed by atoms with Gasteiger partial charge in [0.1, 0.15) is 5.75 Å². The van der Waals surface area contributed by atoms with E-state index in [0.29, 0.717) is 0 Å². The highest BCUT2D eigenvalue weighted by molar-refractivity contribution is 6.30. The van der Waals surface area contributed by atoms with Crippen molar-refractivity contribution in [3.8, 4) is 11.8 Å². The van der Waals surface area contributed by atoms with E-state index in [-0.39, 0.29) is 22.8 Å². The molecule has 20 heavy (non-hydrogen) atoms. The topological polar surface area (TPSA) is 59.3 Å². The van der Waals surface area contributed by atoms with Crippen LogP contribution in [0.1, 0.15) is 18.1 Å². The lowest BCUT2D eigenvalue weighted by Crippen LogP contribution is -2.19. The molecule has 0 N–H and O–H groups in total. The summed E-state index contributed by atoms with van der Waals surface area (Å²) in [5, 5.41) is 8.81. The molecule has 4 nitrogen and oxygen atoms in total. The number of rotatable bonds is 4. The van der Waals surface area contributed by atoms with Gasteiger partial charge in [-0.05, 0) is 19.1 Å². The molecule has 0 bridgehead atoms. The SMILES string of the molecule is CCOC(=O)Cc1c(C#N)cc(Cl)cc1OC(F)(F)F. The molecule has 0 aliphatic rings. The molecule has 0 fully saturated rings. The molecule has 0 spiro atoms. The summed E-state index contributed by atoms with van der Waals surface area (Å²) in [6.07, 6.45) is -5.47. The van der Waals surface area contributed by atoms with Crippen LogP contribution in [-0.4, -0.2) is 18.9 Å². The number of halogens is 4. The molecule has 0 unspecified atom stereocenters. The summed E-state index contributed by atoms with van der Waals surface area (Å²) in [6, 6.07) is 3.72. The zero-order valence-corrected chi connectivity index (χ0v) is 11.0. The van der Waals surface area contributed by atoms with Crippen molar-refractivity contribution in [1.29, 1.82) is 5.26 Å². The first-order valence-corrected chi connectivity index (χ1v) is 5.78. The van der Waals surface area contributed by atoms with Gasteiger partial charge in [0.25, 0.3) is 0 Å². The van der Waals surface area contributed by atoms with Gasteiger partial charge in [-0.15, -0.1) is 13.2 Å². The van der Waals surface area contributed by atoms with Gasteiger partial charge in [0.05, 0.1) is 24.7 Å². The summed E-state index contributed by atoms with van der Waals surface area (Å²) in [7, 11) is 0. The number of carbonyl (C=O) groups is 1. The fourth-order valence-electron chi connectivity index (χ4n) is 1.47. The molecule has 108 valence electrons. The van der Waals surface area contributed by atoms with E-state index < -0.39 is 24.5 Å². The predicted octanol–water partition coefficient (Wildman–Crippen LogP) is 3.22. The summed E-state index contributed by atoms with van der Waals surface area (Å²) < 4.78 is 45.4. The van der Waals surface area contributed by atoms with Crippen LogP contribution in [-0.2, 0) is 16.0 Å². The molecule has 1 aromatic rings. The third kappa shape index (κ3) is 4.63. The van der Waals surface area contributed by atoms with Gasteiger partial charge in [0.2, 0.25) is 0 Å². The summed E-state index contributed by atoms with van der Waals surface area (Å²) >= 11 is 5.61. The molecule has 0 saturated heterocycles. The number of alkyl halides is 3. The van der Waals surface area contributed by atoms with E-state index in [4.69, 9.17) is 16.9 Å². The van der Waals surface area contributed by atoms with E-state index in [0.717, 1.165) is 12.1 Å². The maximum absolute atomic E-state index is 12.3. The maximum atomic E-state index is 12.3. The molecule has 0 atom stereocenters. The van der Waals surface area contributed by atoms with Crippen LogP contribution >= 0.6 is 11.6 Å². The van der Waals surface area contributed by atoms with Crippen molar-refractivity contribution in [2.24, 2.45) is 0 Å². The highest BCUT2D eigenvalue weighted by atomic mass is 35.5. The van der Waals surface area contributed by atoms with Gasteiger partial charge >= 0.3 is 12.3 Å². The number of nitrogens with zero attached hydrogens (tertiary/aromatic N) is 1. The second kappa shape index (κ2) is 6.48. The molecule has 1 rings (SSSR count). The Hall–Kier alpha value is -1.94. The first-order valence-electron chi connectivity index (χ1n) is 5.40. The van der Waals surface area contributed by atoms with Crippen LogP contribution < -0.4 is 4.74 Å². The van der Waals surface area contributed by atoms with Crippen molar-refractivity contribution < 1.29 is 27.4 Å². The van der Waals surface area contributed by atoms with Crippen LogP contribution in [0, 0.1) is 11.3 Å². The van der Waals surface area contributed by atoms with Crippen molar-refractivity contribution in [1.82, 2.24) is 0 Å². The van der Waals surface area contributed by atoms with Crippen molar-refractivity contribution in [3.63, 3.8) is 0 Å². The summed E-state index contributed by atoms with van der Waals surface area (Å²) in [4.78, 5) is 11.4. The van der Waals surface area contributed by atoms with Gasteiger partial charge in [-0.1, -0.05) is 11.6 Å². The predicted molar refractivity (Wildman–Crippen MR) is 63.2 cm³/mol. The van der Waals surface area contributed by atoms with Crippen LogP contribution in [0.5, 0.6) is 5.75 Å². The Morgan fingerprint density at radius 1 is 1.45 bits per heavy atom. The molecular weight excluding hydrogens is 299 g/mol. The Balaban J connectivity index is 3.23. The van der Waals surface area contributed by atoms with Crippen LogP contribution in [0.2, 0.25) is 5.02 Å². The number of esters is 1. The Morgan fingerprint density at radius 3 is 2.60 bits per heavy atom. The number of hydrogen-bond acceptors (Lipinski definition) is 4. The molecule has 0 aromatic heterocycles. The second-order valence-electron chi connectivity index (χ2n) is 3.57. The molecule has 0 aliphatic heterocycles. The van der Waals surface area contributed by atoms with E-state index in [1.54, 1.807) is 13.0 Å². The smallest absolute Gasteiger partial charge is 0.466 e. The lowest BCUT2D eigenvalue weighted by atomic mass is 10.0. The average molecular weight is 308 g/mol. The first-order chi connectivity index (χ1) is 9.26. The Kier molecular flexibility index (Phi) is 5.22. The summed E-state index contributed by atoms with van der Waals surface area (Å²) in [6.45, 7) is 1.63. The van der Waals surface area contributed by atoms with Gasteiger partial charge in [-0.25, -0.2) is 0 Å². The van der Waals surface area contributed by atoms with E-state index in [9.17, 15) is 18.0 Å². The minimum atomic E-state index is -4.96. The van der Waals surface area contributed by atoms with E-state index >= 15 is 0 Å². The number of nitriles is 1. The van der Waals surface area contributed by atoms with Gasteiger partial charge in [0, 0.05) is 10.6 Å². The minimum absolute atomic E-state index is 0.0732. The Morgan fingerprint density at radius 2 is 2.10 bits per heavy atom. The monoisotopic (exact) mass is 307 g/mol. The van der Waals surface area contributed by atoms with E-state index in [1.807, 2.05) is 0 Å². The second-order valence-corrected chi connectivity index (χ2v) is 4.01. The molecule has 0 radical (unpaired) electrons. The first kappa shape index (κ1) is 16.1. The van der Waals surface area contributed by atoms with Crippen molar-refractivity contribution >= 4 is 17.6 Å². The fourth-order valence-corrected chi connectivity index (χ4v) is 1.67. The molecule has 0 heterocycles. The van der Waals surface area contributed by atoms with E-state index in [1.165, 1.54) is 0 Å². The minimum Gasteiger partial charge on any atom is -0.466 e. The highest BCUT2D eigenvalue weighted by Crippen LogP contribution is 2.32. The molecule has 1 aromatic carbocycles. The lowest BCUT2D eigenvalue weighted by Gasteiger charge is -2.14. The number of ether oxygens (including phenoxy) is 2. The van der Waals surface area contributed by atoms with E-state index in [2.05, 4.69) is 9.47 Å². The normalized spacial score (nSPS) is 10.8. The van der Waals surface area contributed by atoms with Crippen LogP contribution in [0.25, 0.3) is 0 Å². The van der Waals surface area contributed by atoms with Gasteiger partial charge in [-0.2, -0.15) is 5.26 Å². The highest BCUT2D eigenvalue weighted by Gasteiger charge is 2.33. The quantitative estimate of drug-likeness (QED) is 0.801. The fraction of sp³-hybridized carbons (Fsp3) is 0.333. The van der Waals surface area contributed by atoms with Crippen molar-refractivity contribution in [3.05, 3.63) is 28.3 Å². The zero-order valence-electron chi connectivity index (χ0n) is 10.3. The molecule has 0 saturated carbocycles. The van der Waals surface area contributed by atoms with Crippen molar-refractivity contribution in [2.45, 2.75) is 19.7 Å². The zero-order chi connectivity index (χ0) is 15.3. The molecule has 0 aliphatic carbocycles. The van der Waals surface area contributed by atoms with Crippen LogP contribution in [0.4, 0.5) is 13.2 Å². The Bertz CT molecular complexity index is 552.